The molecule has 2 aromatic rings. The van der Waals surface area contributed by atoms with Crippen molar-refractivity contribution in [2.75, 3.05) is 36.5 Å². The fourth-order valence-corrected chi connectivity index (χ4v) is 2.10. The predicted molar refractivity (Wildman–Crippen MR) is 76.3 cm³/mol. The molecule has 2 aromatic heterocycles. The number of ether oxygens (including phenoxy) is 1. The van der Waals surface area contributed by atoms with Gasteiger partial charge in [-0.05, 0) is 6.92 Å². The third-order valence-corrected chi connectivity index (χ3v) is 3.17. The average Bonchev–Trinajstić information content (AvgIpc) is 2.93. The fourth-order valence-electron chi connectivity index (χ4n) is 2.10. The zero-order valence-corrected chi connectivity index (χ0v) is 11.7. The van der Waals surface area contributed by atoms with Gasteiger partial charge in [0.25, 0.3) is 5.91 Å². The second kappa shape index (κ2) is 5.88. The van der Waals surface area contributed by atoms with Gasteiger partial charge in [-0.15, -0.1) is 0 Å². The molecule has 8 nitrogen and oxygen atoms in total. The van der Waals surface area contributed by atoms with Gasteiger partial charge in [0.05, 0.1) is 13.2 Å². The number of hydrogen-bond donors (Lipinski definition) is 2. The molecular formula is C13H16N6O2. The lowest BCUT2D eigenvalue weighted by Gasteiger charge is -2.27. The Bertz CT molecular complexity index is 635. The quantitative estimate of drug-likeness (QED) is 0.858. The van der Waals surface area contributed by atoms with Crippen LogP contribution in [0.25, 0.3) is 0 Å². The number of hydrogen-bond acceptors (Lipinski definition) is 6. The number of morpholine rings is 1. The number of nitrogens with one attached hydrogen (secondary N) is 2. The highest BCUT2D eigenvalue weighted by molar-refractivity contribution is 6.02. The van der Waals surface area contributed by atoms with Crippen LogP contribution in [0.1, 0.15) is 16.2 Å². The van der Waals surface area contributed by atoms with Crippen molar-refractivity contribution in [2.24, 2.45) is 0 Å². The van der Waals surface area contributed by atoms with E-state index < -0.39 is 0 Å². The minimum Gasteiger partial charge on any atom is -0.378 e. The van der Waals surface area contributed by atoms with Gasteiger partial charge in [-0.3, -0.25) is 9.89 Å². The number of anilines is 2. The molecule has 21 heavy (non-hydrogen) atoms. The van der Waals surface area contributed by atoms with Crippen molar-refractivity contribution >= 4 is 17.5 Å². The summed E-state index contributed by atoms with van der Waals surface area (Å²) < 4.78 is 5.30. The summed E-state index contributed by atoms with van der Waals surface area (Å²) >= 11 is 0. The van der Waals surface area contributed by atoms with E-state index in [-0.39, 0.29) is 5.91 Å². The number of nitrogens with zero attached hydrogens (tertiary/aromatic N) is 4. The predicted octanol–water partition coefficient (Wildman–Crippen LogP) is 0.597. The van der Waals surface area contributed by atoms with Gasteiger partial charge in [-0.25, -0.2) is 9.97 Å². The van der Waals surface area contributed by atoms with Gasteiger partial charge >= 0.3 is 0 Å². The highest BCUT2D eigenvalue weighted by atomic mass is 16.5. The topological polar surface area (TPSA) is 96.0 Å². The van der Waals surface area contributed by atoms with E-state index in [0.29, 0.717) is 24.7 Å². The second-order valence-corrected chi connectivity index (χ2v) is 4.75. The molecule has 0 aliphatic carbocycles. The lowest BCUT2D eigenvalue weighted by atomic mass is 10.3. The van der Waals surface area contributed by atoms with Crippen LogP contribution >= 0.6 is 0 Å². The van der Waals surface area contributed by atoms with Crippen molar-refractivity contribution in [3.63, 3.8) is 0 Å². The van der Waals surface area contributed by atoms with Crippen LogP contribution in [0, 0.1) is 6.92 Å². The van der Waals surface area contributed by atoms with E-state index in [2.05, 4.69) is 30.4 Å². The van der Waals surface area contributed by atoms with E-state index in [9.17, 15) is 4.79 Å². The van der Waals surface area contributed by atoms with Crippen LogP contribution in [0.5, 0.6) is 0 Å². The van der Waals surface area contributed by atoms with Crippen molar-refractivity contribution in [3.05, 3.63) is 29.8 Å². The van der Waals surface area contributed by atoms with Crippen molar-refractivity contribution in [1.29, 1.82) is 0 Å². The minimum atomic E-state index is -0.307. The normalized spacial score (nSPS) is 15.0. The van der Waals surface area contributed by atoms with Crippen molar-refractivity contribution in [2.45, 2.75) is 6.92 Å². The van der Waals surface area contributed by atoms with E-state index in [1.165, 1.54) is 6.33 Å². The van der Waals surface area contributed by atoms with E-state index in [1.807, 2.05) is 6.92 Å². The molecule has 1 fully saturated rings. The molecule has 1 aliphatic rings. The second-order valence-electron chi connectivity index (χ2n) is 4.75. The van der Waals surface area contributed by atoms with Gasteiger partial charge in [-0.2, -0.15) is 5.10 Å². The zero-order valence-electron chi connectivity index (χ0n) is 11.7. The molecule has 0 bridgehead atoms. The maximum absolute atomic E-state index is 12.2. The molecule has 1 amide bonds. The Balaban J connectivity index is 1.74. The van der Waals surface area contributed by atoms with Crippen LogP contribution in [0.3, 0.4) is 0 Å². The molecule has 1 saturated heterocycles. The zero-order chi connectivity index (χ0) is 14.7. The third kappa shape index (κ3) is 3.16. The van der Waals surface area contributed by atoms with Crippen LogP contribution in [-0.4, -0.2) is 52.4 Å². The van der Waals surface area contributed by atoms with Crippen molar-refractivity contribution < 1.29 is 9.53 Å². The standard InChI is InChI=1S/C13H16N6O2/c1-9-6-11(18-17-9)16-13(20)10-7-12(15-8-14-10)19-2-4-21-5-3-19/h6-8H,2-5H2,1H3,(H2,16,17,18,20). The summed E-state index contributed by atoms with van der Waals surface area (Å²) in [5.41, 5.74) is 1.19. The van der Waals surface area contributed by atoms with E-state index in [0.717, 1.165) is 24.6 Å². The van der Waals surface area contributed by atoms with E-state index >= 15 is 0 Å². The Morgan fingerprint density at radius 3 is 2.86 bits per heavy atom. The SMILES string of the molecule is Cc1cc(NC(=O)c2cc(N3CCOCC3)ncn2)n[nH]1. The Kier molecular flexibility index (Phi) is 3.78. The average molecular weight is 288 g/mol. The Hall–Kier alpha value is -2.48. The molecule has 3 heterocycles. The number of aromatic amines is 1. The summed E-state index contributed by atoms with van der Waals surface area (Å²) in [6, 6.07) is 3.43. The minimum absolute atomic E-state index is 0.307. The summed E-state index contributed by atoms with van der Waals surface area (Å²) in [4.78, 5) is 22.5. The van der Waals surface area contributed by atoms with Crippen LogP contribution in [0.4, 0.5) is 11.6 Å². The first kappa shape index (κ1) is 13.5. The third-order valence-electron chi connectivity index (χ3n) is 3.17. The van der Waals surface area contributed by atoms with Gasteiger partial charge in [-0.1, -0.05) is 0 Å². The molecule has 0 spiro atoms. The molecule has 3 rings (SSSR count). The number of carbonyl (C=O) groups excluding carboxylic acids is 1. The summed E-state index contributed by atoms with van der Waals surface area (Å²) in [5.74, 6) is 0.902. The molecule has 0 unspecified atom stereocenters. The van der Waals surface area contributed by atoms with Crippen molar-refractivity contribution in [3.8, 4) is 0 Å². The number of amides is 1. The number of carbonyl (C=O) groups is 1. The summed E-state index contributed by atoms with van der Waals surface area (Å²) in [6.07, 6.45) is 1.40. The molecule has 1 aliphatic heterocycles. The molecule has 110 valence electrons. The molecule has 0 radical (unpaired) electrons. The van der Waals surface area contributed by atoms with E-state index in [1.54, 1.807) is 12.1 Å². The molecular weight excluding hydrogens is 272 g/mol. The Morgan fingerprint density at radius 2 is 2.14 bits per heavy atom. The largest absolute Gasteiger partial charge is 0.378 e. The van der Waals surface area contributed by atoms with Gasteiger partial charge in [0.1, 0.15) is 17.8 Å². The van der Waals surface area contributed by atoms with E-state index in [4.69, 9.17) is 4.74 Å². The van der Waals surface area contributed by atoms with Crippen LogP contribution in [0.15, 0.2) is 18.5 Å². The number of aryl methyl sites for hydroxylation is 1. The summed E-state index contributed by atoms with van der Waals surface area (Å²) in [7, 11) is 0. The molecule has 2 N–H and O–H groups in total. The lowest BCUT2D eigenvalue weighted by Crippen LogP contribution is -2.37. The monoisotopic (exact) mass is 288 g/mol. The highest BCUT2D eigenvalue weighted by Gasteiger charge is 2.16. The molecule has 8 heteroatoms. The summed E-state index contributed by atoms with van der Waals surface area (Å²) in [5, 5.41) is 9.43. The number of rotatable bonds is 3. The van der Waals surface area contributed by atoms with Gasteiger partial charge in [0.2, 0.25) is 0 Å². The first-order valence-electron chi connectivity index (χ1n) is 6.70. The fraction of sp³-hybridized carbons (Fsp3) is 0.385. The smallest absolute Gasteiger partial charge is 0.275 e. The van der Waals surface area contributed by atoms with Crippen LogP contribution in [-0.2, 0) is 4.74 Å². The first-order valence-corrected chi connectivity index (χ1v) is 6.70. The lowest BCUT2D eigenvalue weighted by molar-refractivity contribution is 0.102. The Labute approximate surface area is 121 Å². The highest BCUT2D eigenvalue weighted by Crippen LogP contribution is 2.14. The molecule has 0 atom stereocenters. The molecule has 0 saturated carbocycles. The molecule has 0 aromatic carbocycles. The number of H-pyrrole nitrogens is 1. The Morgan fingerprint density at radius 1 is 1.33 bits per heavy atom. The van der Waals surface area contributed by atoms with Gasteiger partial charge in [0.15, 0.2) is 5.82 Å². The maximum Gasteiger partial charge on any atom is 0.275 e. The van der Waals surface area contributed by atoms with Crippen LogP contribution < -0.4 is 10.2 Å². The maximum atomic E-state index is 12.2. The van der Waals surface area contributed by atoms with Gasteiger partial charge in [0, 0.05) is 30.9 Å². The number of aromatic nitrogens is 4. The van der Waals surface area contributed by atoms with Gasteiger partial charge < -0.3 is 15.0 Å². The first-order chi connectivity index (χ1) is 10.2. The summed E-state index contributed by atoms with van der Waals surface area (Å²) in [6.45, 7) is 4.72. The van der Waals surface area contributed by atoms with Crippen molar-refractivity contribution in [1.82, 2.24) is 20.2 Å². The van der Waals surface area contributed by atoms with Crippen LogP contribution in [0.2, 0.25) is 0 Å².